The Kier molecular flexibility index (Phi) is 3.18. The highest BCUT2D eigenvalue weighted by molar-refractivity contribution is 6.29. The van der Waals surface area contributed by atoms with Gasteiger partial charge in [0.05, 0.1) is 5.60 Å². The highest BCUT2D eigenvalue weighted by atomic mass is 35.5. The molecule has 0 spiro atoms. The van der Waals surface area contributed by atoms with Gasteiger partial charge in [0.25, 0.3) is 0 Å². The number of rotatable bonds is 2. The monoisotopic (exact) mass is 247 g/mol. The number of pyridine rings is 1. The van der Waals surface area contributed by atoms with Crippen LogP contribution in [0.15, 0.2) is 42.6 Å². The molecule has 88 valence electrons. The van der Waals surface area contributed by atoms with E-state index in [0.717, 1.165) is 16.7 Å². The van der Waals surface area contributed by atoms with Gasteiger partial charge in [0, 0.05) is 11.8 Å². The van der Waals surface area contributed by atoms with Crippen LogP contribution in [0, 0.1) is 0 Å². The molecule has 17 heavy (non-hydrogen) atoms. The first-order valence-electron chi connectivity index (χ1n) is 5.42. The standard InChI is InChI=1S/C14H14ClNO/c1-14(2,17)12-8-13(15)16-9-11(12)10-6-4-3-5-7-10/h3-9,17H,1-2H3. The Hall–Kier alpha value is -1.38. The summed E-state index contributed by atoms with van der Waals surface area (Å²) < 4.78 is 0. The zero-order chi connectivity index (χ0) is 12.5. The van der Waals surface area contributed by atoms with Crippen LogP contribution in [0.4, 0.5) is 0 Å². The molecule has 2 aromatic rings. The lowest BCUT2D eigenvalue weighted by Crippen LogP contribution is -2.17. The molecule has 0 atom stereocenters. The van der Waals surface area contributed by atoms with Gasteiger partial charge in [-0.05, 0) is 31.0 Å². The third-order valence-corrected chi connectivity index (χ3v) is 2.82. The second-order valence-electron chi connectivity index (χ2n) is 4.48. The molecule has 0 aliphatic carbocycles. The number of aliphatic hydroxyl groups is 1. The minimum absolute atomic E-state index is 0.391. The predicted octanol–water partition coefficient (Wildman–Crippen LogP) is 3.63. The van der Waals surface area contributed by atoms with Gasteiger partial charge in [-0.15, -0.1) is 0 Å². The van der Waals surface area contributed by atoms with E-state index >= 15 is 0 Å². The van der Waals surface area contributed by atoms with Gasteiger partial charge < -0.3 is 5.11 Å². The molecule has 0 saturated heterocycles. The minimum atomic E-state index is -0.947. The summed E-state index contributed by atoms with van der Waals surface area (Å²) in [5.74, 6) is 0. The first-order chi connectivity index (χ1) is 7.98. The van der Waals surface area contributed by atoms with Crippen LogP contribution < -0.4 is 0 Å². The van der Waals surface area contributed by atoms with Crippen molar-refractivity contribution in [2.45, 2.75) is 19.4 Å². The van der Waals surface area contributed by atoms with Gasteiger partial charge in [0.1, 0.15) is 5.15 Å². The molecular formula is C14H14ClNO. The van der Waals surface area contributed by atoms with Crippen LogP contribution in [-0.2, 0) is 5.60 Å². The second-order valence-corrected chi connectivity index (χ2v) is 4.86. The number of halogens is 1. The molecule has 1 aromatic carbocycles. The molecule has 0 aliphatic rings. The van der Waals surface area contributed by atoms with Crippen molar-refractivity contribution in [3.63, 3.8) is 0 Å². The topological polar surface area (TPSA) is 33.1 Å². The molecule has 1 N–H and O–H groups in total. The summed E-state index contributed by atoms with van der Waals surface area (Å²) in [5, 5.41) is 10.6. The predicted molar refractivity (Wildman–Crippen MR) is 69.9 cm³/mol. The minimum Gasteiger partial charge on any atom is -0.386 e. The maximum atomic E-state index is 10.2. The zero-order valence-corrected chi connectivity index (χ0v) is 10.6. The molecule has 1 heterocycles. The average molecular weight is 248 g/mol. The maximum absolute atomic E-state index is 10.2. The molecule has 0 unspecified atom stereocenters. The van der Waals surface area contributed by atoms with Crippen LogP contribution in [0.3, 0.4) is 0 Å². The second kappa shape index (κ2) is 4.47. The maximum Gasteiger partial charge on any atom is 0.129 e. The van der Waals surface area contributed by atoms with E-state index in [0.29, 0.717) is 5.15 Å². The first-order valence-corrected chi connectivity index (χ1v) is 5.80. The molecular weight excluding hydrogens is 234 g/mol. The Labute approximate surface area is 106 Å². The SMILES string of the molecule is CC(C)(O)c1cc(Cl)ncc1-c1ccccc1. The molecule has 2 rings (SSSR count). The van der Waals surface area contributed by atoms with E-state index in [4.69, 9.17) is 11.6 Å². The summed E-state index contributed by atoms with van der Waals surface area (Å²) in [7, 11) is 0. The first kappa shape index (κ1) is 12.1. The van der Waals surface area contributed by atoms with Crippen molar-refractivity contribution in [2.24, 2.45) is 0 Å². The van der Waals surface area contributed by atoms with Crippen molar-refractivity contribution in [1.29, 1.82) is 0 Å². The van der Waals surface area contributed by atoms with E-state index in [-0.39, 0.29) is 0 Å². The summed E-state index contributed by atoms with van der Waals surface area (Å²) in [5.41, 5.74) is 1.76. The van der Waals surface area contributed by atoms with E-state index in [1.807, 2.05) is 30.3 Å². The lowest BCUT2D eigenvalue weighted by Gasteiger charge is -2.21. The van der Waals surface area contributed by atoms with Gasteiger partial charge >= 0.3 is 0 Å². The van der Waals surface area contributed by atoms with Crippen molar-refractivity contribution in [3.05, 3.63) is 53.3 Å². The molecule has 0 saturated carbocycles. The van der Waals surface area contributed by atoms with Gasteiger partial charge in [-0.2, -0.15) is 0 Å². The Balaban J connectivity index is 2.63. The van der Waals surface area contributed by atoms with Crippen LogP contribution in [0.25, 0.3) is 11.1 Å². The van der Waals surface area contributed by atoms with Gasteiger partial charge in [0.15, 0.2) is 0 Å². The average Bonchev–Trinajstić information content (AvgIpc) is 2.29. The number of benzene rings is 1. The van der Waals surface area contributed by atoms with Gasteiger partial charge in [-0.25, -0.2) is 4.98 Å². The highest BCUT2D eigenvalue weighted by Gasteiger charge is 2.21. The molecule has 1 aromatic heterocycles. The van der Waals surface area contributed by atoms with E-state index < -0.39 is 5.60 Å². The zero-order valence-electron chi connectivity index (χ0n) is 9.81. The molecule has 3 heteroatoms. The molecule has 0 radical (unpaired) electrons. The Morgan fingerprint density at radius 2 is 1.82 bits per heavy atom. The van der Waals surface area contributed by atoms with Crippen LogP contribution >= 0.6 is 11.6 Å². The van der Waals surface area contributed by atoms with E-state index in [2.05, 4.69) is 4.98 Å². The quantitative estimate of drug-likeness (QED) is 0.822. The molecule has 0 amide bonds. The summed E-state index contributed by atoms with van der Waals surface area (Å²) in [6, 6.07) is 11.6. The molecule has 0 aliphatic heterocycles. The third-order valence-electron chi connectivity index (χ3n) is 2.61. The largest absolute Gasteiger partial charge is 0.386 e. The fraction of sp³-hybridized carbons (Fsp3) is 0.214. The van der Waals surface area contributed by atoms with Crippen molar-refractivity contribution in [2.75, 3.05) is 0 Å². The van der Waals surface area contributed by atoms with Gasteiger partial charge in [0.2, 0.25) is 0 Å². The number of hydrogen-bond donors (Lipinski definition) is 1. The van der Waals surface area contributed by atoms with Crippen LogP contribution in [0.5, 0.6) is 0 Å². The summed E-state index contributed by atoms with van der Waals surface area (Å²) in [6.07, 6.45) is 1.70. The smallest absolute Gasteiger partial charge is 0.129 e. The van der Waals surface area contributed by atoms with Crippen molar-refractivity contribution in [1.82, 2.24) is 4.98 Å². The van der Waals surface area contributed by atoms with E-state index in [1.54, 1.807) is 26.1 Å². The number of nitrogens with zero attached hydrogens (tertiary/aromatic N) is 1. The normalized spacial score (nSPS) is 11.5. The molecule has 0 bridgehead atoms. The van der Waals surface area contributed by atoms with Gasteiger partial charge in [-0.1, -0.05) is 41.9 Å². The van der Waals surface area contributed by atoms with Crippen LogP contribution in [0.1, 0.15) is 19.4 Å². The van der Waals surface area contributed by atoms with Crippen LogP contribution in [0.2, 0.25) is 5.15 Å². The van der Waals surface area contributed by atoms with Crippen molar-refractivity contribution in [3.8, 4) is 11.1 Å². The van der Waals surface area contributed by atoms with E-state index in [1.165, 1.54) is 0 Å². The fourth-order valence-electron chi connectivity index (χ4n) is 1.78. The highest BCUT2D eigenvalue weighted by Crippen LogP contribution is 2.32. The lowest BCUT2D eigenvalue weighted by atomic mass is 9.91. The van der Waals surface area contributed by atoms with Crippen molar-refractivity contribution < 1.29 is 5.11 Å². The van der Waals surface area contributed by atoms with Crippen molar-refractivity contribution >= 4 is 11.6 Å². The van der Waals surface area contributed by atoms with Crippen LogP contribution in [-0.4, -0.2) is 10.1 Å². The van der Waals surface area contributed by atoms with E-state index in [9.17, 15) is 5.11 Å². The Morgan fingerprint density at radius 3 is 2.41 bits per heavy atom. The lowest BCUT2D eigenvalue weighted by molar-refractivity contribution is 0.0791. The summed E-state index contributed by atoms with van der Waals surface area (Å²) in [6.45, 7) is 3.48. The Morgan fingerprint density at radius 1 is 1.18 bits per heavy atom. The number of aromatic nitrogens is 1. The van der Waals surface area contributed by atoms with Gasteiger partial charge in [-0.3, -0.25) is 0 Å². The molecule has 0 fully saturated rings. The Bertz CT molecular complexity index is 517. The number of hydrogen-bond acceptors (Lipinski definition) is 2. The third kappa shape index (κ3) is 2.65. The fourth-order valence-corrected chi connectivity index (χ4v) is 1.94. The molecule has 2 nitrogen and oxygen atoms in total. The summed E-state index contributed by atoms with van der Waals surface area (Å²) >= 11 is 5.89. The summed E-state index contributed by atoms with van der Waals surface area (Å²) in [4.78, 5) is 4.08.